The monoisotopic (exact) mass is 283 g/mol. The Bertz CT molecular complexity index is 369. The maximum absolute atomic E-state index is 5.99. The molecule has 0 aromatic heterocycles. The maximum atomic E-state index is 5.99. The van der Waals surface area contributed by atoms with Crippen LogP contribution in [0.1, 0.15) is 45.6 Å². The second kappa shape index (κ2) is 7.16. The van der Waals surface area contributed by atoms with Crippen molar-refractivity contribution >= 4 is 12.4 Å². The Morgan fingerprint density at radius 2 is 1.95 bits per heavy atom. The van der Waals surface area contributed by atoms with Crippen molar-refractivity contribution in [2.45, 2.75) is 51.6 Å². The van der Waals surface area contributed by atoms with Crippen molar-refractivity contribution in [1.82, 2.24) is 5.32 Å². The SMILES string of the molecule is CCC(C)(C)c1ccc(OC2CCCNC2)cc1.Cl. The van der Waals surface area contributed by atoms with Gasteiger partial charge in [0.15, 0.2) is 0 Å². The van der Waals surface area contributed by atoms with Gasteiger partial charge in [0.2, 0.25) is 0 Å². The highest BCUT2D eigenvalue weighted by molar-refractivity contribution is 5.85. The predicted octanol–water partition coefficient (Wildman–Crippen LogP) is 3.93. The van der Waals surface area contributed by atoms with Gasteiger partial charge in [-0.15, -0.1) is 12.4 Å². The van der Waals surface area contributed by atoms with Gasteiger partial charge < -0.3 is 10.1 Å². The van der Waals surface area contributed by atoms with Crippen molar-refractivity contribution in [2.75, 3.05) is 13.1 Å². The van der Waals surface area contributed by atoms with Crippen molar-refractivity contribution in [3.63, 3.8) is 0 Å². The zero-order valence-electron chi connectivity index (χ0n) is 12.2. The molecule has 1 aliphatic heterocycles. The minimum Gasteiger partial charge on any atom is -0.489 e. The average molecular weight is 284 g/mol. The van der Waals surface area contributed by atoms with Gasteiger partial charge >= 0.3 is 0 Å². The number of hydrogen-bond acceptors (Lipinski definition) is 2. The largest absolute Gasteiger partial charge is 0.489 e. The van der Waals surface area contributed by atoms with E-state index < -0.39 is 0 Å². The van der Waals surface area contributed by atoms with E-state index in [1.54, 1.807) is 0 Å². The van der Waals surface area contributed by atoms with E-state index in [1.807, 2.05) is 0 Å². The third-order valence-electron chi connectivity index (χ3n) is 4.07. The first-order chi connectivity index (χ1) is 8.62. The van der Waals surface area contributed by atoms with Crippen LogP contribution >= 0.6 is 12.4 Å². The molecule has 108 valence electrons. The van der Waals surface area contributed by atoms with Crippen LogP contribution in [0.3, 0.4) is 0 Å². The summed E-state index contributed by atoms with van der Waals surface area (Å²) in [7, 11) is 0. The van der Waals surface area contributed by atoms with Crippen molar-refractivity contribution in [3.05, 3.63) is 29.8 Å². The summed E-state index contributed by atoms with van der Waals surface area (Å²) in [4.78, 5) is 0. The molecule has 0 radical (unpaired) electrons. The molecule has 0 saturated carbocycles. The zero-order chi connectivity index (χ0) is 13.0. The van der Waals surface area contributed by atoms with Crippen LogP contribution in [0.5, 0.6) is 5.75 Å². The van der Waals surface area contributed by atoms with Gasteiger partial charge in [0.05, 0.1) is 0 Å². The van der Waals surface area contributed by atoms with Crippen molar-refractivity contribution < 1.29 is 4.74 Å². The lowest BCUT2D eigenvalue weighted by Crippen LogP contribution is -2.37. The van der Waals surface area contributed by atoms with E-state index in [0.717, 1.165) is 31.7 Å². The van der Waals surface area contributed by atoms with Crippen LogP contribution in [0, 0.1) is 0 Å². The number of hydrogen-bond donors (Lipinski definition) is 1. The summed E-state index contributed by atoms with van der Waals surface area (Å²) in [5.41, 5.74) is 1.64. The van der Waals surface area contributed by atoms with E-state index in [9.17, 15) is 0 Å². The molecule has 19 heavy (non-hydrogen) atoms. The summed E-state index contributed by atoms with van der Waals surface area (Å²) < 4.78 is 5.99. The molecule has 1 saturated heterocycles. The summed E-state index contributed by atoms with van der Waals surface area (Å²) in [6.07, 6.45) is 3.87. The second-order valence-electron chi connectivity index (χ2n) is 5.85. The second-order valence-corrected chi connectivity index (χ2v) is 5.85. The van der Waals surface area contributed by atoms with Gasteiger partial charge in [-0.2, -0.15) is 0 Å². The van der Waals surface area contributed by atoms with Gasteiger partial charge in [0.1, 0.15) is 11.9 Å². The molecule has 0 amide bonds. The minimum atomic E-state index is 0. The molecule has 2 rings (SSSR count). The maximum Gasteiger partial charge on any atom is 0.119 e. The number of nitrogens with one attached hydrogen (secondary N) is 1. The van der Waals surface area contributed by atoms with E-state index in [4.69, 9.17) is 4.74 Å². The van der Waals surface area contributed by atoms with Crippen molar-refractivity contribution in [2.24, 2.45) is 0 Å². The number of piperidine rings is 1. The molecule has 0 spiro atoms. The molecular weight excluding hydrogens is 258 g/mol. The quantitative estimate of drug-likeness (QED) is 0.904. The molecule has 1 aromatic carbocycles. The molecule has 1 atom stereocenters. The highest BCUT2D eigenvalue weighted by Crippen LogP contribution is 2.28. The van der Waals surface area contributed by atoms with Crippen molar-refractivity contribution in [3.8, 4) is 5.75 Å². The summed E-state index contributed by atoms with van der Waals surface area (Å²) >= 11 is 0. The fourth-order valence-electron chi connectivity index (χ4n) is 2.30. The molecule has 0 aliphatic carbocycles. The Balaban J connectivity index is 0.00000180. The topological polar surface area (TPSA) is 21.3 Å². The third-order valence-corrected chi connectivity index (χ3v) is 4.07. The lowest BCUT2D eigenvalue weighted by Gasteiger charge is -2.26. The van der Waals surface area contributed by atoms with E-state index in [2.05, 4.69) is 50.4 Å². The summed E-state index contributed by atoms with van der Waals surface area (Å²) in [5.74, 6) is 0.999. The smallest absolute Gasteiger partial charge is 0.119 e. The highest BCUT2D eigenvalue weighted by Gasteiger charge is 2.18. The average Bonchev–Trinajstić information content (AvgIpc) is 2.40. The van der Waals surface area contributed by atoms with Gasteiger partial charge in [-0.25, -0.2) is 0 Å². The van der Waals surface area contributed by atoms with Gasteiger partial charge in [0.25, 0.3) is 0 Å². The van der Waals surface area contributed by atoms with Crippen LogP contribution in [-0.4, -0.2) is 19.2 Å². The molecule has 1 aliphatic rings. The van der Waals surface area contributed by atoms with Crippen LogP contribution in [-0.2, 0) is 5.41 Å². The van der Waals surface area contributed by atoms with E-state index >= 15 is 0 Å². The molecule has 3 heteroatoms. The molecule has 1 unspecified atom stereocenters. The summed E-state index contributed by atoms with van der Waals surface area (Å²) in [6, 6.07) is 8.63. The molecule has 1 N–H and O–H groups in total. The molecule has 1 aromatic rings. The Morgan fingerprint density at radius 1 is 1.26 bits per heavy atom. The molecule has 1 fully saturated rings. The third kappa shape index (κ3) is 4.39. The Kier molecular flexibility index (Phi) is 6.15. The Morgan fingerprint density at radius 3 is 2.47 bits per heavy atom. The van der Waals surface area contributed by atoms with Crippen LogP contribution in [0.15, 0.2) is 24.3 Å². The van der Waals surface area contributed by atoms with Crippen LogP contribution in [0.25, 0.3) is 0 Å². The first kappa shape index (κ1) is 16.3. The van der Waals surface area contributed by atoms with Crippen LogP contribution < -0.4 is 10.1 Å². The van der Waals surface area contributed by atoms with Crippen LogP contribution in [0.2, 0.25) is 0 Å². The van der Waals surface area contributed by atoms with Gasteiger partial charge in [-0.1, -0.05) is 32.9 Å². The Labute approximate surface area is 123 Å². The van der Waals surface area contributed by atoms with Gasteiger partial charge in [-0.05, 0) is 48.9 Å². The lowest BCUT2D eigenvalue weighted by atomic mass is 9.82. The predicted molar refractivity (Wildman–Crippen MR) is 83.5 cm³/mol. The minimum absolute atomic E-state index is 0. The molecule has 2 nitrogen and oxygen atoms in total. The molecule has 1 heterocycles. The van der Waals surface area contributed by atoms with Crippen molar-refractivity contribution in [1.29, 1.82) is 0 Å². The zero-order valence-corrected chi connectivity index (χ0v) is 13.1. The van der Waals surface area contributed by atoms with Gasteiger partial charge in [-0.3, -0.25) is 0 Å². The van der Waals surface area contributed by atoms with E-state index in [0.29, 0.717) is 6.10 Å². The normalized spacial score (nSPS) is 19.6. The first-order valence-electron chi connectivity index (χ1n) is 7.10. The number of rotatable bonds is 4. The van der Waals surface area contributed by atoms with Crippen LogP contribution in [0.4, 0.5) is 0 Å². The summed E-state index contributed by atoms with van der Waals surface area (Å²) in [5, 5.41) is 3.37. The summed E-state index contributed by atoms with van der Waals surface area (Å²) in [6.45, 7) is 8.91. The number of benzene rings is 1. The molecular formula is C16H26ClNO. The Hall–Kier alpha value is -0.730. The molecule has 0 bridgehead atoms. The lowest BCUT2D eigenvalue weighted by molar-refractivity contribution is 0.167. The number of ether oxygens (including phenoxy) is 1. The fourth-order valence-corrected chi connectivity index (χ4v) is 2.30. The first-order valence-corrected chi connectivity index (χ1v) is 7.10. The van der Waals surface area contributed by atoms with E-state index in [1.165, 1.54) is 12.0 Å². The fraction of sp³-hybridized carbons (Fsp3) is 0.625. The standard InChI is InChI=1S/C16H25NO.ClH/c1-4-16(2,3)13-7-9-14(10-8-13)18-15-6-5-11-17-12-15;/h7-10,15,17H,4-6,11-12H2,1-3H3;1H. The number of halogens is 1. The van der Waals surface area contributed by atoms with E-state index in [-0.39, 0.29) is 17.8 Å². The van der Waals surface area contributed by atoms with Gasteiger partial charge in [0, 0.05) is 6.54 Å². The highest BCUT2D eigenvalue weighted by atomic mass is 35.5.